The first-order valence-electron chi connectivity index (χ1n) is 8.48. The summed E-state index contributed by atoms with van der Waals surface area (Å²) in [5.41, 5.74) is -0.454. The van der Waals surface area contributed by atoms with E-state index in [-0.39, 0.29) is 22.7 Å². The van der Waals surface area contributed by atoms with Crippen molar-refractivity contribution < 1.29 is 32.6 Å². The lowest BCUT2D eigenvalue weighted by atomic mass is 10.1. The number of nitrogens with one attached hydrogen (secondary N) is 1. The molecule has 0 fully saturated rings. The SMILES string of the molecule is Cc1ccc(C(=O)OCC(=O)Nc2cc(C(F)(F)F)ccc2-n2cncn2)cc1O. The number of alkyl halides is 3. The predicted molar refractivity (Wildman–Crippen MR) is 98.1 cm³/mol. The molecule has 0 aliphatic heterocycles. The fourth-order valence-electron chi connectivity index (χ4n) is 2.48. The summed E-state index contributed by atoms with van der Waals surface area (Å²) in [4.78, 5) is 27.9. The minimum atomic E-state index is -4.62. The number of aromatic hydroxyl groups is 1. The van der Waals surface area contributed by atoms with Crippen molar-refractivity contribution in [3.63, 3.8) is 0 Å². The van der Waals surface area contributed by atoms with Crippen LogP contribution in [0.2, 0.25) is 0 Å². The molecule has 0 aliphatic carbocycles. The number of hydrogen-bond donors (Lipinski definition) is 2. The molecule has 0 saturated carbocycles. The molecule has 1 heterocycles. The van der Waals surface area contributed by atoms with Gasteiger partial charge in [0, 0.05) is 0 Å². The number of anilines is 1. The van der Waals surface area contributed by atoms with Gasteiger partial charge in [-0.15, -0.1) is 0 Å². The molecule has 0 aliphatic rings. The summed E-state index contributed by atoms with van der Waals surface area (Å²) >= 11 is 0. The van der Waals surface area contributed by atoms with Gasteiger partial charge >= 0.3 is 12.1 Å². The van der Waals surface area contributed by atoms with Gasteiger partial charge in [-0.3, -0.25) is 4.79 Å². The van der Waals surface area contributed by atoms with E-state index in [1.54, 1.807) is 6.92 Å². The molecule has 0 spiro atoms. The minimum Gasteiger partial charge on any atom is -0.508 e. The van der Waals surface area contributed by atoms with E-state index in [1.165, 1.54) is 35.5 Å². The van der Waals surface area contributed by atoms with E-state index in [9.17, 15) is 27.9 Å². The number of carbonyl (C=O) groups excluding carboxylic acids is 2. The van der Waals surface area contributed by atoms with E-state index in [2.05, 4.69) is 15.4 Å². The lowest BCUT2D eigenvalue weighted by Gasteiger charge is -2.14. The largest absolute Gasteiger partial charge is 0.508 e. The Morgan fingerprint density at radius 1 is 1.20 bits per heavy atom. The van der Waals surface area contributed by atoms with E-state index >= 15 is 0 Å². The van der Waals surface area contributed by atoms with Gasteiger partial charge in [-0.1, -0.05) is 6.07 Å². The van der Waals surface area contributed by atoms with Crippen LogP contribution in [0.5, 0.6) is 5.75 Å². The van der Waals surface area contributed by atoms with Crippen molar-refractivity contribution in [3.05, 3.63) is 65.7 Å². The number of benzene rings is 2. The van der Waals surface area contributed by atoms with Gasteiger partial charge in [-0.05, 0) is 42.8 Å². The van der Waals surface area contributed by atoms with Crippen molar-refractivity contribution in [1.82, 2.24) is 14.8 Å². The van der Waals surface area contributed by atoms with Crippen molar-refractivity contribution in [1.29, 1.82) is 0 Å². The number of phenolic OH excluding ortho intramolecular Hbond substituents is 1. The molecule has 30 heavy (non-hydrogen) atoms. The zero-order valence-corrected chi connectivity index (χ0v) is 15.5. The number of amides is 1. The van der Waals surface area contributed by atoms with Crippen LogP contribution in [0.25, 0.3) is 5.69 Å². The average Bonchev–Trinajstić information content (AvgIpc) is 3.22. The van der Waals surface area contributed by atoms with Crippen molar-refractivity contribution in [2.24, 2.45) is 0 Å². The molecule has 2 N–H and O–H groups in total. The average molecular weight is 420 g/mol. The molecule has 1 aromatic heterocycles. The van der Waals surface area contributed by atoms with E-state index in [1.807, 2.05) is 0 Å². The Bertz CT molecular complexity index is 1080. The molecule has 0 bridgehead atoms. The van der Waals surface area contributed by atoms with Gasteiger partial charge in [-0.25, -0.2) is 14.5 Å². The third-order valence-corrected chi connectivity index (χ3v) is 4.04. The fourth-order valence-corrected chi connectivity index (χ4v) is 2.48. The molecule has 1 amide bonds. The Morgan fingerprint density at radius 3 is 2.60 bits per heavy atom. The van der Waals surface area contributed by atoms with Gasteiger partial charge in [-0.2, -0.15) is 18.3 Å². The molecule has 8 nitrogen and oxygen atoms in total. The van der Waals surface area contributed by atoms with Crippen LogP contribution in [0.1, 0.15) is 21.5 Å². The Labute approximate surface area is 167 Å². The fraction of sp³-hybridized carbons (Fsp3) is 0.158. The van der Waals surface area contributed by atoms with E-state index in [0.717, 1.165) is 18.2 Å². The second kappa shape index (κ2) is 8.23. The van der Waals surface area contributed by atoms with Crippen LogP contribution < -0.4 is 5.32 Å². The number of aromatic nitrogens is 3. The molecular formula is C19H15F3N4O4. The third kappa shape index (κ3) is 4.74. The molecule has 0 saturated heterocycles. The topological polar surface area (TPSA) is 106 Å². The Hall–Kier alpha value is -3.89. The van der Waals surface area contributed by atoms with Crippen LogP contribution in [0.3, 0.4) is 0 Å². The van der Waals surface area contributed by atoms with Crippen LogP contribution >= 0.6 is 0 Å². The van der Waals surface area contributed by atoms with Crippen LogP contribution in [-0.4, -0.2) is 38.4 Å². The van der Waals surface area contributed by atoms with Crippen LogP contribution in [0.4, 0.5) is 18.9 Å². The summed E-state index contributed by atoms with van der Waals surface area (Å²) in [6, 6.07) is 6.81. The number of ether oxygens (including phenoxy) is 1. The molecule has 0 radical (unpaired) electrons. The molecule has 3 rings (SSSR count). The summed E-state index contributed by atoms with van der Waals surface area (Å²) in [5, 5.41) is 15.8. The number of halogens is 3. The highest BCUT2D eigenvalue weighted by molar-refractivity contribution is 5.97. The Morgan fingerprint density at radius 2 is 1.97 bits per heavy atom. The Kier molecular flexibility index (Phi) is 5.72. The highest BCUT2D eigenvalue weighted by Crippen LogP contribution is 2.33. The van der Waals surface area contributed by atoms with Crippen LogP contribution in [-0.2, 0) is 15.7 Å². The van der Waals surface area contributed by atoms with Crippen molar-refractivity contribution >= 4 is 17.6 Å². The second-order valence-corrected chi connectivity index (χ2v) is 6.20. The number of hydrogen-bond acceptors (Lipinski definition) is 6. The molecule has 11 heteroatoms. The molecule has 3 aromatic rings. The maximum Gasteiger partial charge on any atom is 0.416 e. The maximum absolute atomic E-state index is 13.0. The summed E-state index contributed by atoms with van der Waals surface area (Å²) in [5.74, 6) is -1.85. The van der Waals surface area contributed by atoms with Crippen molar-refractivity contribution in [2.45, 2.75) is 13.1 Å². The summed E-state index contributed by atoms with van der Waals surface area (Å²) in [6.07, 6.45) is -2.19. The lowest BCUT2D eigenvalue weighted by molar-refractivity contribution is -0.137. The zero-order valence-electron chi connectivity index (χ0n) is 15.5. The first-order valence-corrected chi connectivity index (χ1v) is 8.48. The van der Waals surface area contributed by atoms with E-state index in [0.29, 0.717) is 5.56 Å². The van der Waals surface area contributed by atoms with Gasteiger partial charge < -0.3 is 15.2 Å². The Balaban J connectivity index is 1.75. The summed E-state index contributed by atoms with van der Waals surface area (Å²) in [7, 11) is 0. The summed E-state index contributed by atoms with van der Waals surface area (Å²) in [6.45, 7) is 0.889. The highest BCUT2D eigenvalue weighted by atomic mass is 19.4. The molecule has 156 valence electrons. The quantitative estimate of drug-likeness (QED) is 0.615. The minimum absolute atomic E-state index is 0.0215. The number of phenols is 1. The standard InChI is InChI=1S/C19H15F3N4O4/c1-11-2-3-12(6-16(11)27)18(29)30-8-17(28)25-14-7-13(19(20,21)22)4-5-15(14)26-10-23-9-24-26/h2-7,9-10,27H,8H2,1H3,(H,25,28). The van der Waals surface area contributed by atoms with Crippen LogP contribution in [0, 0.1) is 6.92 Å². The number of nitrogens with zero attached hydrogens (tertiary/aromatic N) is 3. The van der Waals surface area contributed by atoms with E-state index < -0.39 is 30.2 Å². The second-order valence-electron chi connectivity index (χ2n) is 6.20. The van der Waals surface area contributed by atoms with E-state index in [4.69, 9.17) is 4.74 Å². The molecule has 2 aromatic carbocycles. The maximum atomic E-state index is 13.0. The number of esters is 1. The molecule has 0 atom stereocenters. The van der Waals surface area contributed by atoms with Crippen molar-refractivity contribution in [2.75, 3.05) is 11.9 Å². The smallest absolute Gasteiger partial charge is 0.416 e. The predicted octanol–water partition coefficient (Wildman–Crippen LogP) is 3.10. The van der Waals surface area contributed by atoms with Gasteiger partial charge in [0.2, 0.25) is 0 Å². The monoisotopic (exact) mass is 420 g/mol. The lowest BCUT2D eigenvalue weighted by Crippen LogP contribution is -2.22. The first kappa shape index (κ1) is 20.8. The highest BCUT2D eigenvalue weighted by Gasteiger charge is 2.31. The van der Waals surface area contributed by atoms with Crippen molar-refractivity contribution in [3.8, 4) is 11.4 Å². The molecular weight excluding hydrogens is 405 g/mol. The zero-order chi connectivity index (χ0) is 21.9. The third-order valence-electron chi connectivity index (χ3n) is 4.04. The van der Waals surface area contributed by atoms with Gasteiger partial charge in [0.25, 0.3) is 5.91 Å². The van der Waals surface area contributed by atoms with Gasteiger partial charge in [0.1, 0.15) is 18.4 Å². The first-order chi connectivity index (χ1) is 14.1. The van der Waals surface area contributed by atoms with Gasteiger partial charge in [0.05, 0.1) is 22.5 Å². The molecule has 0 unspecified atom stereocenters. The number of aryl methyl sites for hydroxylation is 1. The van der Waals surface area contributed by atoms with Gasteiger partial charge in [0.15, 0.2) is 6.61 Å². The number of rotatable bonds is 5. The number of carbonyl (C=O) groups is 2. The summed E-state index contributed by atoms with van der Waals surface area (Å²) < 4.78 is 45.2. The normalized spacial score (nSPS) is 11.2. The van der Waals surface area contributed by atoms with Crippen LogP contribution in [0.15, 0.2) is 49.1 Å².